The Morgan fingerprint density at radius 2 is 0.855 bits per heavy atom. The van der Waals surface area contributed by atoms with Crippen LogP contribution in [0.1, 0.15) is 220 Å². The van der Waals surface area contributed by atoms with Gasteiger partial charge in [-0.15, -0.1) is 0 Å². The number of guanidine groups is 1. The molecule has 0 saturated carbocycles. The fraction of sp³-hybridized carbons (Fsp3) is 0.933. The monoisotopic (exact) mass is 807 g/mol. The summed E-state index contributed by atoms with van der Waals surface area (Å²) in [6.45, 7) is 11.2. The first-order chi connectivity index (χ1) is 26.8. The number of rotatable bonds is 35. The van der Waals surface area contributed by atoms with Crippen molar-refractivity contribution in [3.63, 3.8) is 0 Å². The summed E-state index contributed by atoms with van der Waals surface area (Å²) >= 11 is 0. The van der Waals surface area contributed by atoms with E-state index in [2.05, 4.69) is 35.8 Å². The third-order valence-corrected chi connectivity index (χ3v) is 10.2. The maximum absolute atomic E-state index is 10.6. The number of aliphatic hydroxyl groups excluding tert-OH is 1. The van der Waals surface area contributed by atoms with E-state index in [-0.39, 0.29) is 6.47 Å². The average molecular weight is 807 g/mol. The summed E-state index contributed by atoms with van der Waals surface area (Å²) in [6, 6.07) is 0. The molecule has 0 aromatic carbocycles. The number of hydrogen-bond donors (Lipinski definition) is 4. The van der Waals surface area contributed by atoms with E-state index < -0.39 is 11.0 Å². The molecule has 2 unspecified atom stereocenters. The maximum Gasteiger partial charge on any atom is 0.290 e. The molecule has 0 aliphatic heterocycles. The zero-order valence-corrected chi connectivity index (χ0v) is 38.9. The van der Waals surface area contributed by atoms with Gasteiger partial charge in [0.2, 0.25) is 5.96 Å². The van der Waals surface area contributed by atoms with Gasteiger partial charge in [-0.3, -0.25) is 14.5 Å². The molecule has 0 saturated heterocycles. The number of hydrogen-bond acceptors (Lipinski definition) is 6. The van der Waals surface area contributed by atoms with E-state index in [1.165, 1.54) is 212 Å². The van der Waals surface area contributed by atoms with Crippen LogP contribution in [-0.4, -0.2) is 86.1 Å². The first kappa shape index (κ1) is 62.7. The minimum Gasteiger partial charge on any atom is -0.483 e. The molecule has 10 heteroatoms. The Kier molecular flexibility index (Phi) is 70.3. The summed E-state index contributed by atoms with van der Waals surface area (Å²) in [5, 5.41) is 17.6. The molecule has 334 valence electrons. The molecule has 0 heterocycles. The highest BCUT2D eigenvalue weighted by molar-refractivity contribution is 7.82. The van der Waals surface area contributed by atoms with Gasteiger partial charge in [0.1, 0.15) is 17.8 Å². The Balaban J connectivity index is -0.000000409. The smallest absolute Gasteiger partial charge is 0.290 e. The number of carboxylic acid groups (broad SMARTS) is 1. The largest absolute Gasteiger partial charge is 0.483 e. The molecule has 9 nitrogen and oxygen atoms in total. The lowest BCUT2D eigenvalue weighted by Gasteiger charge is -2.17. The van der Waals surface area contributed by atoms with Crippen molar-refractivity contribution in [2.45, 2.75) is 220 Å². The van der Waals surface area contributed by atoms with E-state index in [9.17, 15) is 4.21 Å². The molecule has 55 heavy (non-hydrogen) atoms. The van der Waals surface area contributed by atoms with Crippen LogP contribution in [0.2, 0.25) is 0 Å². The van der Waals surface area contributed by atoms with Gasteiger partial charge in [-0.1, -0.05) is 207 Å². The van der Waals surface area contributed by atoms with E-state index in [4.69, 9.17) is 19.8 Å². The number of aliphatic imine (C=N–C) groups is 1. The van der Waals surface area contributed by atoms with Crippen LogP contribution in [0.4, 0.5) is 0 Å². The number of aliphatic hydroxyl groups is 1. The standard InChI is InChI=1S/C37H77N.C5H13N3OS.CH2O2.CH4O.CH2O/c1-4-7-10-13-14-15-16-17-18-19-20-21-25-30-35-38-36-31-26-22-24-29-34-37(32-27-12-9-6-3)33-28-23-11-8-5-2;1-6-5(8(2)3)7-10(4)9;2-1-3;2*1-2/h37-38H,4-36H2,1-3H3;1-4H3,(H,6,7);1H,(H,2,3);2H,1H3;1H2. The molecular weight excluding hydrogens is 709 g/mol. The third-order valence-electron chi connectivity index (χ3n) is 9.73. The van der Waals surface area contributed by atoms with Gasteiger partial charge in [0.15, 0.2) is 0 Å². The van der Waals surface area contributed by atoms with E-state index in [1.807, 2.05) is 20.9 Å². The van der Waals surface area contributed by atoms with E-state index >= 15 is 0 Å². The highest BCUT2D eigenvalue weighted by atomic mass is 32.2. The summed E-state index contributed by atoms with van der Waals surface area (Å²) in [6.07, 6.45) is 46.7. The van der Waals surface area contributed by atoms with Crippen LogP contribution in [0.3, 0.4) is 0 Å². The molecule has 0 spiro atoms. The molecule has 0 amide bonds. The molecular formula is C45H98N4O5S. The Morgan fingerprint density at radius 3 is 1.09 bits per heavy atom. The molecule has 0 bridgehead atoms. The second-order valence-corrected chi connectivity index (χ2v) is 16.0. The SMILES string of the molecule is C=O.CCCCCCCCCCCCCCCCNCCCCCCCC(CCCCCC)CCCCCCC.CN=C(NS(C)=O)N(C)C.CO.O=CO. The molecule has 4 N–H and O–H groups in total. The van der Waals surface area contributed by atoms with Crippen molar-refractivity contribution in [2.24, 2.45) is 10.9 Å². The molecule has 0 fully saturated rings. The van der Waals surface area contributed by atoms with Gasteiger partial charge in [0.05, 0.1) is 0 Å². The maximum atomic E-state index is 10.6. The zero-order valence-electron chi connectivity index (χ0n) is 38.1. The second-order valence-electron chi connectivity index (χ2n) is 14.9. The lowest BCUT2D eigenvalue weighted by molar-refractivity contribution is -0.122. The fourth-order valence-electron chi connectivity index (χ4n) is 6.58. The van der Waals surface area contributed by atoms with Crippen molar-refractivity contribution in [3.05, 3.63) is 0 Å². The number of nitrogens with one attached hydrogen (secondary N) is 2. The zero-order chi connectivity index (χ0) is 42.5. The van der Waals surface area contributed by atoms with Crippen LogP contribution in [0.25, 0.3) is 0 Å². The summed E-state index contributed by atoms with van der Waals surface area (Å²) in [5.41, 5.74) is 0. The first-order valence-electron chi connectivity index (χ1n) is 22.6. The van der Waals surface area contributed by atoms with Crippen LogP contribution in [0.15, 0.2) is 4.99 Å². The summed E-state index contributed by atoms with van der Waals surface area (Å²) in [4.78, 5) is 22.0. The molecule has 0 aromatic rings. The molecule has 0 aliphatic carbocycles. The Hall–Kier alpha value is -1.52. The molecule has 2 atom stereocenters. The van der Waals surface area contributed by atoms with E-state index in [0.29, 0.717) is 5.96 Å². The Bertz CT molecular complexity index is 731. The van der Waals surface area contributed by atoms with Crippen molar-refractivity contribution in [1.29, 1.82) is 0 Å². The third kappa shape index (κ3) is 64.7. The summed E-state index contributed by atoms with van der Waals surface area (Å²) < 4.78 is 13.3. The summed E-state index contributed by atoms with van der Waals surface area (Å²) in [7, 11) is 5.28. The van der Waals surface area contributed by atoms with Crippen LogP contribution < -0.4 is 10.0 Å². The molecule has 0 rings (SSSR count). The quantitative estimate of drug-likeness (QED) is 0.0217. The average Bonchev–Trinajstić information content (AvgIpc) is 3.19. The lowest BCUT2D eigenvalue weighted by atomic mass is 9.89. The van der Waals surface area contributed by atoms with Crippen molar-refractivity contribution >= 4 is 30.2 Å². The number of carbonyl (C=O) groups excluding carboxylic acids is 1. The Labute approximate surface area is 346 Å². The van der Waals surface area contributed by atoms with Crippen LogP contribution in [0.5, 0.6) is 0 Å². The van der Waals surface area contributed by atoms with Gasteiger partial charge in [-0.25, -0.2) is 4.21 Å². The van der Waals surface area contributed by atoms with Gasteiger partial charge in [-0.05, 0) is 31.8 Å². The van der Waals surface area contributed by atoms with Gasteiger partial charge in [0, 0.05) is 34.5 Å². The Morgan fingerprint density at radius 1 is 0.600 bits per heavy atom. The van der Waals surface area contributed by atoms with Crippen molar-refractivity contribution in [2.75, 3.05) is 47.6 Å². The molecule has 0 radical (unpaired) electrons. The van der Waals surface area contributed by atoms with Gasteiger partial charge in [0.25, 0.3) is 6.47 Å². The predicted octanol–water partition coefficient (Wildman–Crippen LogP) is 11.9. The minimum atomic E-state index is -1.04. The minimum absolute atomic E-state index is 0.250. The predicted molar refractivity (Wildman–Crippen MR) is 245 cm³/mol. The van der Waals surface area contributed by atoms with Gasteiger partial charge < -0.3 is 25.2 Å². The topological polar surface area (TPSA) is 131 Å². The second kappa shape index (κ2) is 61.7. The number of unbranched alkanes of at least 4 members (excludes halogenated alkanes) is 24. The first-order valence-corrected chi connectivity index (χ1v) is 24.2. The van der Waals surface area contributed by atoms with E-state index in [1.54, 1.807) is 18.2 Å². The van der Waals surface area contributed by atoms with Crippen molar-refractivity contribution in [1.82, 2.24) is 14.9 Å². The highest BCUT2D eigenvalue weighted by Crippen LogP contribution is 2.24. The van der Waals surface area contributed by atoms with Crippen molar-refractivity contribution in [3.8, 4) is 0 Å². The van der Waals surface area contributed by atoms with Crippen LogP contribution >= 0.6 is 0 Å². The van der Waals surface area contributed by atoms with Crippen molar-refractivity contribution < 1.29 is 24.0 Å². The normalized spacial score (nSPS) is 11.6. The van der Waals surface area contributed by atoms with Gasteiger partial charge in [-0.2, -0.15) is 0 Å². The molecule has 0 aromatic heterocycles. The number of carbonyl (C=O) groups is 2. The fourth-order valence-corrected chi connectivity index (χ4v) is 7.11. The lowest BCUT2D eigenvalue weighted by Crippen LogP contribution is -2.36. The molecule has 0 aliphatic rings. The number of nitrogens with zero attached hydrogens (tertiary/aromatic N) is 2. The van der Waals surface area contributed by atoms with Crippen LogP contribution in [-0.2, 0) is 20.6 Å². The van der Waals surface area contributed by atoms with Gasteiger partial charge >= 0.3 is 0 Å². The van der Waals surface area contributed by atoms with E-state index in [0.717, 1.165) is 13.0 Å². The highest BCUT2D eigenvalue weighted by Gasteiger charge is 2.08. The van der Waals surface area contributed by atoms with Crippen LogP contribution in [0, 0.1) is 5.92 Å². The summed E-state index contributed by atoms with van der Waals surface area (Å²) in [5.74, 6) is 1.65.